The normalized spacial score (nSPS) is 16.8. The fourth-order valence-electron chi connectivity index (χ4n) is 2.45. The van der Waals surface area contributed by atoms with Crippen LogP contribution < -0.4 is 5.73 Å². The van der Waals surface area contributed by atoms with E-state index < -0.39 is 0 Å². The summed E-state index contributed by atoms with van der Waals surface area (Å²) < 4.78 is 5.22. The van der Waals surface area contributed by atoms with Crippen LogP contribution in [0.2, 0.25) is 0 Å². The van der Waals surface area contributed by atoms with Crippen LogP contribution >= 0.6 is 0 Å². The molecule has 0 aromatic carbocycles. The molecule has 1 atom stereocenters. The van der Waals surface area contributed by atoms with E-state index in [2.05, 4.69) is 16.8 Å². The highest BCUT2D eigenvalue weighted by Gasteiger charge is 2.31. The lowest BCUT2D eigenvalue weighted by molar-refractivity contribution is 0.117. The second kappa shape index (κ2) is 6.87. The number of methoxy groups -OCH3 is 1. The summed E-state index contributed by atoms with van der Waals surface area (Å²) in [6, 6.07) is 4.60. The number of aromatic nitrogens is 1. The van der Waals surface area contributed by atoms with E-state index in [0.29, 0.717) is 6.04 Å². The number of rotatable bonds is 8. The van der Waals surface area contributed by atoms with Gasteiger partial charge in [0.15, 0.2) is 0 Å². The van der Waals surface area contributed by atoms with Crippen molar-refractivity contribution in [1.82, 2.24) is 9.88 Å². The molecule has 0 radical (unpaired) electrons. The zero-order valence-electron chi connectivity index (χ0n) is 12.0. The molecule has 0 aliphatic heterocycles. The molecule has 1 saturated carbocycles. The molecule has 2 N–H and O–H groups in total. The largest absolute Gasteiger partial charge is 0.397 e. The van der Waals surface area contributed by atoms with E-state index in [1.165, 1.54) is 12.8 Å². The maximum absolute atomic E-state index is 5.66. The fourth-order valence-corrected chi connectivity index (χ4v) is 2.45. The summed E-state index contributed by atoms with van der Waals surface area (Å²) in [6.07, 6.45) is 5.47. The van der Waals surface area contributed by atoms with Gasteiger partial charge in [0.05, 0.1) is 18.5 Å². The van der Waals surface area contributed by atoms with Gasteiger partial charge in [0.2, 0.25) is 0 Å². The molecule has 4 heteroatoms. The maximum atomic E-state index is 5.66. The topological polar surface area (TPSA) is 51.4 Å². The van der Waals surface area contributed by atoms with Gasteiger partial charge in [-0.05, 0) is 37.8 Å². The summed E-state index contributed by atoms with van der Waals surface area (Å²) in [5, 5.41) is 0. The average molecular weight is 263 g/mol. The molecule has 106 valence electrons. The van der Waals surface area contributed by atoms with Gasteiger partial charge in [-0.3, -0.25) is 9.88 Å². The number of hydrogen-bond acceptors (Lipinski definition) is 4. The van der Waals surface area contributed by atoms with Crippen LogP contribution in [-0.4, -0.2) is 42.7 Å². The first-order valence-electron chi connectivity index (χ1n) is 7.14. The first-order valence-corrected chi connectivity index (χ1v) is 7.14. The molecule has 1 aromatic rings. The number of nitrogens with two attached hydrogens (primary N) is 1. The standard InChI is InChI=1S/C15H25N3O/c1-12(13-3-4-13)18(9-10-19-2)8-7-15-6-5-14(16)11-17-15/h5-6,11-13H,3-4,7-10,16H2,1-2H3. The van der Waals surface area contributed by atoms with Crippen molar-refractivity contribution in [2.24, 2.45) is 5.92 Å². The van der Waals surface area contributed by atoms with Crippen LogP contribution in [-0.2, 0) is 11.2 Å². The molecular formula is C15H25N3O. The van der Waals surface area contributed by atoms with Crippen molar-refractivity contribution in [3.05, 3.63) is 24.0 Å². The van der Waals surface area contributed by atoms with Gasteiger partial charge in [0.1, 0.15) is 0 Å². The summed E-state index contributed by atoms with van der Waals surface area (Å²) in [6.45, 7) is 5.18. The fraction of sp³-hybridized carbons (Fsp3) is 0.667. The van der Waals surface area contributed by atoms with Crippen LogP contribution in [0.25, 0.3) is 0 Å². The molecule has 0 bridgehead atoms. The lowest BCUT2D eigenvalue weighted by atomic mass is 10.1. The minimum atomic E-state index is 0.656. The van der Waals surface area contributed by atoms with E-state index in [1.807, 2.05) is 12.1 Å². The molecule has 0 spiro atoms. The van der Waals surface area contributed by atoms with E-state index in [4.69, 9.17) is 10.5 Å². The molecule has 1 unspecified atom stereocenters. The van der Waals surface area contributed by atoms with Crippen LogP contribution in [0, 0.1) is 5.92 Å². The minimum absolute atomic E-state index is 0.656. The Morgan fingerprint density at radius 2 is 2.21 bits per heavy atom. The lowest BCUT2D eigenvalue weighted by Crippen LogP contribution is -2.38. The summed E-state index contributed by atoms with van der Waals surface area (Å²) >= 11 is 0. The lowest BCUT2D eigenvalue weighted by Gasteiger charge is -2.28. The molecule has 0 saturated heterocycles. The molecule has 1 heterocycles. The predicted octanol–water partition coefficient (Wildman–Crippen LogP) is 1.95. The summed E-state index contributed by atoms with van der Waals surface area (Å²) in [4.78, 5) is 6.89. The van der Waals surface area contributed by atoms with Gasteiger partial charge in [-0.1, -0.05) is 0 Å². The summed E-state index contributed by atoms with van der Waals surface area (Å²) in [5.41, 5.74) is 7.49. The maximum Gasteiger partial charge on any atom is 0.0589 e. The van der Waals surface area contributed by atoms with Gasteiger partial charge in [-0.15, -0.1) is 0 Å². The molecule has 4 nitrogen and oxygen atoms in total. The molecule has 0 amide bonds. The highest BCUT2D eigenvalue weighted by Crippen LogP contribution is 2.35. The Hall–Kier alpha value is -1.13. The van der Waals surface area contributed by atoms with Crippen molar-refractivity contribution in [2.45, 2.75) is 32.2 Å². The van der Waals surface area contributed by atoms with Crippen LogP contribution in [0.1, 0.15) is 25.5 Å². The third-order valence-electron chi connectivity index (χ3n) is 3.97. The molecule has 1 aromatic heterocycles. The van der Waals surface area contributed by atoms with Crippen molar-refractivity contribution in [1.29, 1.82) is 0 Å². The van der Waals surface area contributed by atoms with Crippen LogP contribution in [0.5, 0.6) is 0 Å². The van der Waals surface area contributed by atoms with E-state index in [1.54, 1.807) is 13.3 Å². The van der Waals surface area contributed by atoms with Crippen molar-refractivity contribution in [3.63, 3.8) is 0 Å². The van der Waals surface area contributed by atoms with Crippen molar-refractivity contribution >= 4 is 5.69 Å². The molecular weight excluding hydrogens is 238 g/mol. The van der Waals surface area contributed by atoms with Crippen molar-refractivity contribution < 1.29 is 4.74 Å². The first-order chi connectivity index (χ1) is 9.20. The van der Waals surface area contributed by atoms with E-state index in [9.17, 15) is 0 Å². The number of pyridine rings is 1. The Labute approximate surface area is 116 Å². The SMILES string of the molecule is COCCN(CCc1ccc(N)cn1)C(C)C1CC1. The monoisotopic (exact) mass is 263 g/mol. The van der Waals surface area contributed by atoms with Gasteiger partial charge < -0.3 is 10.5 Å². The Balaban J connectivity index is 1.85. The van der Waals surface area contributed by atoms with Gasteiger partial charge in [0, 0.05) is 38.4 Å². The number of nitrogens with zero attached hydrogens (tertiary/aromatic N) is 2. The molecule has 1 aliphatic rings. The molecule has 2 rings (SSSR count). The van der Waals surface area contributed by atoms with Crippen molar-refractivity contribution in [2.75, 3.05) is 32.5 Å². The van der Waals surface area contributed by atoms with E-state index in [-0.39, 0.29) is 0 Å². The zero-order valence-corrected chi connectivity index (χ0v) is 12.0. The summed E-state index contributed by atoms with van der Waals surface area (Å²) in [7, 11) is 1.77. The van der Waals surface area contributed by atoms with Crippen LogP contribution in [0.15, 0.2) is 18.3 Å². The Morgan fingerprint density at radius 3 is 2.79 bits per heavy atom. The number of anilines is 1. The predicted molar refractivity (Wildman–Crippen MR) is 78.0 cm³/mol. The molecule has 19 heavy (non-hydrogen) atoms. The van der Waals surface area contributed by atoms with E-state index >= 15 is 0 Å². The number of ether oxygens (including phenoxy) is 1. The Morgan fingerprint density at radius 1 is 1.42 bits per heavy atom. The van der Waals surface area contributed by atoms with Crippen molar-refractivity contribution in [3.8, 4) is 0 Å². The average Bonchev–Trinajstić information content (AvgIpc) is 3.24. The Bertz CT molecular complexity index is 375. The van der Waals surface area contributed by atoms with E-state index in [0.717, 1.165) is 43.4 Å². The highest BCUT2D eigenvalue weighted by atomic mass is 16.5. The second-order valence-electron chi connectivity index (χ2n) is 5.44. The highest BCUT2D eigenvalue weighted by molar-refractivity contribution is 5.34. The zero-order chi connectivity index (χ0) is 13.7. The smallest absolute Gasteiger partial charge is 0.0589 e. The minimum Gasteiger partial charge on any atom is -0.397 e. The molecule has 1 aliphatic carbocycles. The van der Waals surface area contributed by atoms with Gasteiger partial charge in [0.25, 0.3) is 0 Å². The van der Waals surface area contributed by atoms with Gasteiger partial charge in [-0.2, -0.15) is 0 Å². The third-order valence-corrected chi connectivity index (χ3v) is 3.97. The van der Waals surface area contributed by atoms with Gasteiger partial charge in [-0.25, -0.2) is 0 Å². The number of hydrogen-bond donors (Lipinski definition) is 1. The third kappa shape index (κ3) is 4.48. The quantitative estimate of drug-likeness (QED) is 0.779. The van der Waals surface area contributed by atoms with Crippen LogP contribution in [0.4, 0.5) is 5.69 Å². The molecule has 1 fully saturated rings. The van der Waals surface area contributed by atoms with Crippen LogP contribution in [0.3, 0.4) is 0 Å². The summed E-state index contributed by atoms with van der Waals surface area (Å²) in [5.74, 6) is 0.885. The first kappa shape index (κ1) is 14.3. The Kier molecular flexibility index (Phi) is 5.16. The van der Waals surface area contributed by atoms with Gasteiger partial charge >= 0.3 is 0 Å². The number of nitrogen functional groups attached to an aromatic ring is 1. The second-order valence-corrected chi connectivity index (χ2v) is 5.44.